The largest absolute Gasteiger partial charge is 0.307 e. The van der Waals surface area contributed by atoms with Crippen LogP contribution in [-0.2, 0) is 6.54 Å². The van der Waals surface area contributed by atoms with Gasteiger partial charge in [-0.05, 0) is 25.0 Å². The summed E-state index contributed by atoms with van der Waals surface area (Å²) in [6, 6.07) is 7.78. The van der Waals surface area contributed by atoms with Crippen LogP contribution in [0.5, 0.6) is 0 Å². The predicted molar refractivity (Wildman–Crippen MR) is 83.5 cm³/mol. The molecule has 1 saturated carbocycles. The SMILES string of the molecule is CC(NCc1nc(-c2ccc(Br)cc2)n[nH]1)C1CC(F)(F)C1. The van der Waals surface area contributed by atoms with E-state index in [0.717, 1.165) is 10.0 Å². The molecule has 1 aliphatic carbocycles. The Morgan fingerprint density at radius 1 is 1.36 bits per heavy atom. The average Bonchev–Trinajstić information content (AvgIpc) is 2.92. The van der Waals surface area contributed by atoms with E-state index in [1.54, 1.807) is 0 Å². The van der Waals surface area contributed by atoms with Crippen LogP contribution in [0.25, 0.3) is 11.4 Å². The van der Waals surface area contributed by atoms with Crippen LogP contribution in [-0.4, -0.2) is 27.1 Å². The minimum absolute atomic E-state index is 0.0261. The molecule has 3 rings (SSSR count). The summed E-state index contributed by atoms with van der Waals surface area (Å²) in [5.74, 6) is -1.10. The van der Waals surface area contributed by atoms with Crippen molar-refractivity contribution in [1.82, 2.24) is 20.5 Å². The fraction of sp³-hybridized carbons (Fsp3) is 0.467. The molecule has 2 aromatic rings. The first-order valence-corrected chi connectivity index (χ1v) is 8.01. The second-order valence-corrected chi connectivity index (χ2v) is 6.72. The van der Waals surface area contributed by atoms with Gasteiger partial charge in [0.15, 0.2) is 5.82 Å². The first-order chi connectivity index (χ1) is 10.4. The standard InChI is InChI=1S/C15H17BrF2N4/c1-9(11-6-15(17,18)7-11)19-8-13-20-14(22-21-13)10-2-4-12(16)5-3-10/h2-5,9,11,19H,6-8H2,1H3,(H,20,21,22). The molecule has 1 aliphatic rings. The summed E-state index contributed by atoms with van der Waals surface area (Å²) < 4.78 is 26.7. The van der Waals surface area contributed by atoms with Crippen LogP contribution in [0, 0.1) is 5.92 Å². The quantitative estimate of drug-likeness (QED) is 0.842. The van der Waals surface area contributed by atoms with Crippen molar-refractivity contribution < 1.29 is 8.78 Å². The molecule has 1 aromatic carbocycles. The van der Waals surface area contributed by atoms with Gasteiger partial charge in [-0.2, -0.15) is 5.10 Å². The van der Waals surface area contributed by atoms with Crippen LogP contribution in [0.3, 0.4) is 0 Å². The third-order valence-electron chi connectivity index (χ3n) is 4.05. The predicted octanol–water partition coefficient (Wildman–Crippen LogP) is 3.76. The highest BCUT2D eigenvalue weighted by molar-refractivity contribution is 9.10. The Labute approximate surface area is 135 Å². The van der Waals surface area contributed by atoms with E-state index < -0.39 is 5.92 Å². The van der Waals surface area contributed by atoms with Crippen LogP contribution < -0.4 is 5.32 Å². The van der Waals surface area contributed by atoms with Gasteiger partial charge in [0, 0.05) is 28.9 Å². The monoisotopic (exact) mass is 370 g/mol. The zero-order valence-electron chi connectivity index (χ0n) is 12.1. The van der Waals surface area contributed by atoms with Crippen LogP contribution in [0.1, 0.15) is 25.6 Å². The Morgan fingerprint density at radius 2 is 2.05 bits per heavy atom. The summed E-state index contributed by atoms with van der Waals surface area (Å²) in [5, 5.41) is 10.3. The van der Waals surface area contributed by atoms with Gasteiger partial charge in [0.2, 0.25) is 5.92 Å². The lowest BCUT2D eigenvalue weighted by atomic mass is 9.77. The van der Waals surface area contributed by atoms with E-state index in [0.29, 0.717) is 18.2 Å². The van der Waals surface area contributed by atoms with E-state index >= 15 is 0 Å². The number of aromatic amines is 1. The molecule has 0 saturated heterocycles. The molecule has 7 heteroatoms. The van der Waals surface area contributed by atoms with E-state index in [2.05, 4.69) is 36.4 Å². The van der Waals surface area contributed by atoms with E-state index in [1.165, 1.54) is 0 Å². The number of hydrogen-bond acceptors (Lipinski definition) is 3. The van der Waals surface area contributed by atoms with Crippen molar-refractivity contribution in [3.63, 3.8) is 0 Å². The number of rotatable bonds is 5. The Kier molecular flexibility index (Phi) is 4.27. The summed E-state index contributed by atoms with van der Waals surface area (Å²) in [7, 11) is 0. The van der Waals surface area contributed by atoms with E-state index in [4.69, 9.17) is 0 Å². The highest BCUT2D eigenvalue weighted by Crippen LogP contribution is 2.43. The molecule has 0 amide bonds. The van der Waals surface area contributed by atoms with Gasteiger partial charge in [0.05, 0.1) is 6.54 Å². The number of aromatic nitrogens is 3. The lowest BCUT2D eigenvalue weighted by Crippen LogP contribution is -2.46. The molecule has 0 spiro atoms. The van der Waals surface area contributed by atoms with E-state index in [1.807, 2.05) is 31.2 Å². The van der Waals surface area contributed by atoms with Crippen LogP contribution in [0.4, 0.5) is 8.78 Å². The van der Waals surface area contributed by atoms with Gasteiger partial charge in [0.25, 0.3) is 0 Å². The molecule has 1 heterocycles. The third kappa shape index (κ3) is 3.52. The van der Waals surface area contributed by atoms with Crippen LogP contribution in [0.2, 0.25) is 0 Å². The molecule has 118 valence electrons. The lowest BCUT2D eigenvalue weighted by Gasteiger charge is -2.39. The number of nitrogens with one attached hydrogen (secondary N) is 2. The molecule has 0 aliphatic heterocycles. The minimum atomic E-state index is -2.47. The Hall–Kier alpha value is -1.34. The number of benzene rings is 1. The highest BCUT2D eigenvalue weighted by Gasteiger charge is 2.47. The lowest BCUT2D eigenvalue weighted by molar-refractivity contribution is -0.118. The number of nitrogens with zero attached hydrogens (tertiary/aromatic N) is 2. The maximum Gasteiger partial charge on any atom is 0.248 e. The van der Waals surface area contributed by atoms with Gasteiger partial charge >= 0.3 is 0 Å². The molecule has 2 N–H and O–H groups in total. The zero-order chi connectivity index (χ0) is 15.7. The van der Waals surface area contributed by atoms with Gasteiger partial charge in [0.1, 0.15) is 5.82 Å². The molecule has 1 aromatic heterocycles. The zero-order valence-corrected chi connectivity index (χ0v) is 13.7. The normalized spacial score (nSPS) is 18.9. The Balaban J connectivity index is 1.55. The highest BCUT2D eigenvalue weighted by atomic mass is 79.9. The van der Waals surface area contributed by atoms with Crippen molar-refractivity contribution in [2.45, 2.75) is 38.3 Å². The molecule has 1 unspecified atom stereocenters. The van der Waals surface area contributed by atoms with Crippen LogP contribution in [0.15, 0.2) is 28.7 Å². The van der Waals surface area contributed by atoms with Gasteiger partial charge in [-0.15, -0.1) is 0 Å². The average molecular weight is 371 g/mol. The third-order valence-corrected chi connectivity index (χ3v) is 4.58. The van der Waals surface area contributed by atoms with Gasteiger partial charge in [-0.25, -0.2) is 13.8 Å². The minimum Gasteiger partial charge on any atom is -0.307 e. The summed E-state index contributed by atoms with van der Waals surface area (Å²) >= 11 is 3.39. The maximum absolute atomic E-state index is 12.9. The molecule has 0 radical (unpaired) electrons. The molecule has 0 bridgehead atoms. The Bertz CT molecular complexity index is 633. The molecule has 1 atom stereocenters. The number of alkyl halides is 2. The number of hydrogen-bond donors (Lipinski definition) is 2. The van der Waals surface area contributed by atoms with Gasteiger partial charge in [-0.3, -0.25) is 5.10 Å². The van der Waals surface area contributed by atoms with Gasteiger partial charge < -0.3 is 5.32 Å². The first kappa shape index (κ1) is 15.6. The van der Waals surface area contributed by atoms with Crippen molar-refractivity contribution in [3.8, 4) is 11.4 Å². The smallest absolute Gasteiger partial charge is 0.248 e. The van der Waals surface area contributed by atoms with Crippen molar-refractivity contribution in [1.29, 1.82) is 0 Å². The molecule has 1 fully saturated rings. The van der Waals surface area contributed by atoms with E-state index in [-0.39, 0.29) is 24.8 Å². The summed E-state index contributed by atoms with van der Waals surface area (Å²) in [5.41, 5.74) is 0.928. The van der Waals surface area contributed by atoms with Gasteiger partial charge in [-0.1, -0.05) is 28.1 Å². The van der Waals surface area contributed by atoms with Crippen molar-refractivity contribution in [3.05, 3.63) is 34.6 Å². The molecular weight excluding hydrogens is 354 g/mol. The van der Waals surface area contributed by atoms with E-state index in [9.17, 15) is 8.78 Å². The van der Waals surface area contributed by atoms with Crippen molar-refractivity contribution >= 4 is 15.9 Å². The molecule has 4 nitrogen and oxygen atoms in total. The van der Waals surface area contributed by atoms with Crippen LogP contribution >= 0.6 is 15.9 Å². The maximum atomic E-state index is 12.9. The second-order valence-electron chi connectivity index (χ2n) is 5.81. The topological polar surface area (TPSA) is 53.6 Å². The van der Waals surface area contributed by atoms with Crippen molar-refractivity contribution in [2.75, 3.05) is 0 Å². The fourth-order valence-electron chi connectivity index (χ4n) is 2.59. The summed E-state index contributed by atoms with van der Waals surface area (Å²) in [4.78, 5) is 4.42. The molecular formula is C15H17BrF2N4. The molecule has 22 heavy (non-hydrogen) atoms. The fourth-order valence-corrected chi connectivity index (χ4v) is 2.85. The Morgan fingerprint density at radius 3 is 2.68 bits per heavy atom. The summed E-state index contributed by atoms with van der Waals surface area (Å²) in [6.07, 6.45) is -0.0522. The number of halogens is 3. The summed E-state index contributed by atoms with van der Waals surface area (Å²) in [6.45, 7) is 2.43. The first-order valence-electron chi connectivity index (χ1n) is 7.21. The van der Waals surface area contributed by atoms with Crippen molar-refractivity contribution in [2.24, 2.45) is 5.92 Å². The second kappa shape index (κ2) is 6.04. The number of H-pyrrole nitrogens is 1.